The van der Waals surface area contributed by atoms with Crippen molar-refractivity contribution in [2.45, 2.75) is 26.3 Å². The monoisotopic (exact) mass is 374 g/mol. The Balaban J connectivity index is 1.25. The molecule has 0 radical (unpaired) electrons. The Morgan fingerprint density at radius 1 is 1.31 bits per heavy atom. The lowest BCUT2D eigenvalue weighted by atomic mass is 9.57. The number of anilines is 1. The number of amides is 1. The minimum Gasteiger partial charge on any atom is -0.326 e. The van der Waals surface area contributed by atoms with Crippen LogP contribution in [0.25, 0.3) is 0 Å². The summed E-state index contributed by atoms with van der Waals surface area (Å²) in [6.45, 7) is 4.72. The van der Waals surface area contributed by atoms with Gasteiger partial charge in [0.05, 0.1) is 0 Å². The summed E-state index contributed by atoms with van der Waals surface area (Å²) >= 11 is 5.82. The summed E-state index contributed by atoms with van der Waals surface area (Å²) in [6, 6.07) is 4.07. The van der Waals surface area contributed by atoms with Gasteiger partial charge in [-0.2, -0.15) is 0 Å². The van der Waals surface area contributed by atoms with Crippen molar-refractivity contribution in [2.75, 3.05) is 18.4 Å². The van der Waals surface area contributed by atoms with Gasteiger partial charge in [0, 0.05) is 54.2 Å². The molecular weight excluding hydrogens is 355 g/mol. The van der Waals surface area contributed by atoms with Gasteiger partial charge in [-0.1, -0.05) is 11.6 Å². The normalized spacial score (nSPS) is 19.0. The number of nitrogens with zero attached hydrogens (tertiary/aromatic N) is 3. The van der Waals surface area contributed by atoms with E-state index in [0.29, 0.717) is 5.69 Å². The van der Waals surface area contributed by atoms with Crippen molar-refractivity contribution in [2.24, 2.45) is 11.3 Å². The van der Waals surface area contributed by atoms with E-state index in [4.69, 9.17) is 11.6 Å². The number of likely N-dealkylation sites (tertiary alicyclic amines) is 1. The van der Waals surface area contributed by atoms with Crippen molar-refractivity contribution in [1.82, 2.24) is 14.9 Å². The molecule has 2 fully saturated rings. The molecule has 0 unspecified atom stereocenters. The molecule has 0 atom stereocenters. The van der Waals surface area contributed by atoms with Gasteiger partial charge in [0.25, 0.3) is 0 Å². The highest BCUT2D eigenvalue weighted by molar-refractivity contribution is 6.30. The van der Waals surface area contributed by atoms with E-state index >= 15 is 0 Å². The first-order valence-electron chi connectivity index (χ1n) is 8.68. The van der Waals surface area contributed by atoms with Gasteiger partial charge in [-0.25, -0.2) is 14.4 Å². The number of benzene rings is 1. The fraction of sp³-hybridized carbons (Fsp3) is 0.421. The lowest BCUT2D eigenvalue weighted by molar-refractivity contribution is -0.140. The molecule has 1 saturated heterocycles. The van der Waals surface area contributed by atoms with Crippen molar-refractivity contribution in [3.63, 3.8) is 0 Å². The molecule has 26 heavy (non-hydrogen) atoms. The molecule has 1 aliphatic heterocycles. The highest BCUT2D eigenvalue weighted by Gasteiger charge is 2.54. The fourth-order valence-corrected chi connectivity index (χ4v) is 4.29. The summed E-state index contributed by atoms with van der Waals surface area (Å²) in [5, 5.41) is 3.05. The van der Waals surface area contributed by atoms with Gasteiger partial charge in [-0.15, -0.1) is 0 Å². The standard InChI is InChI=1S/C19H20ClFN4O/c1-12-22-7-13(8-23-12)9-25-10-19(11-25)5-14(6-19)18(26)24-17-3-15(20)2-16(21)4-17/h2-4,7-8,14H,5-6,9-11H2,1H3,(H,24,26). The SMILES string of the molecule is Cc1ncc(CN2CC3(CC(C(=O)Nc4cc(F)cc(Cl)c4)C3)C2)cn1. The van der Waals surface area contributed by atoms with Crippen LogP contribution in [0.1, 0.15) is 24.2 Å². The van der Waals surface area contributed by atoms with E-state index in [1.165, 1.54) is 12.1 Å². The molecule has 1 aromatic carbocycles. The second-order valence-electron chi connectivity index (χ2n) is 7.54. The summed E-state index contributed by atoms with van der Waals surface area (Å²) in [4.78, 5) is 23.1. The molecule has 1 N–H and O–H groups in total. The van der Waals surface area contributed by atoms with Crippen molar-refractivity contribution in [3.05, 3.63) is 52.8 Å². The average molecular weight is 375 g/mol. The smallest absolute Gasteiger partial charge is 0.227 e. The number of carbonyl (C=O) groups excluding carboxylic acids is 1. The van der Waals surface area contributed by atoms with Crippen molar-refractivity contribution in [1.29, 1.82) is 0 Å². The topological polar surface area (TPSA) is 58.1 Å². The molecule has 1 amide bonds. The minimum atomic E-state index is -0.451. The number of hydrogen-bond acceptors (Lipinski definition) is 4. The molecule has 0 bridgehead atoms. The Bertz CT molecular complexity index is 808. The molecule has 1 spiro atoms. The van der Waals surface area contributed by atoms with E-state index in [9.17, 15) is 9.18 Å². The third kappa shape index (κ3) is 3.57. The Labute approximate surface area is 156 Å². The highest BCUT2D eigenvalue weighted by Crippen LogP contribution is 2.52. The second-order valence-corrected chi connectivity index (χ2v) is 7.97. The molecular formula is C19H20ClFN4O. The molecule has 7 heteroatoms. The highest BCUT2D eigenvalue weighted by atomic mass is 35.5. The molecule has 2 heterocycles. The maximum Gasteiger partial charge on any atom is 0.227 e. The first-order valence-corrected chi connectivity index (χ1v) is 9.05. The second kappa shape index (κ2) is 6.59. The van der Waals surface area contributed by atoms with Gasteiger partial charge in [-0.3, -0.25) is 9.69 Å². The molecule has 4 rings (SSSR count). The molecule has 5 nitrogen and oxygen atoms in total. The molecule has 1 aliphatic carbocycles. The summed E-state index contributed by atoms with van der Waals surface area (Å²) in [5.74, 6) is 0.262. The number of halogens is 2. The van der Waals surface area contributed by atoms with Gasteiger partial charge in [0.15, 0.2) is 0 Å². The van der Waals surface area contributed by atoms with Gasteiger partial charge in [-0.05, 0) is 43.4 Å². The number of aryl methyl sites for hydroxylation is 1. The van der Waals surface area contributed by atoms with Crippen molar-refractivity contribution < 1.29 is 9.18 Å². The maximum atomic E-state index is 13.4. The summed E-state index contributed by atoms with van der Waals surface area (Å²) in [7, 11) is 0. The summed E-state index contributed by atoms with van der Waals surface area (Å²) < 4.78 is 13.4. The Morgan fingerprint density at radius 3 is 2.65 bits per heavy atom. The van der Waals surface area contributed by atoms with Crippen LogP contribution in [0.4, 0.5) is 10.1 Å². The van der Waals surface area contributed by atoms with Crippen LogP contribution in [0.15, 0.2) is 30.6 Å². The van der Waals surface area contributed by atoms with Crippen LogP contribution in [-0.4, -0.2) is 33.9 Å². The van der Waals surface area contributed by atoms with Crippen LogP contribution >= 0.6 is 11.6 Å². The third-order valence-electron chi connectivity index (χ3n) is 5.22. The van der Waals surface area contributed by atoms with E-state index in [1.807, 2.05) is 19.3 Å². The zero-order valence-electron chi connectivity index (χ0n) is 14.5. The average Bonchev–Trinajstić information content (AvgIpc) is 2.49. The quantitative estimate of drug-likeness (QED) is 0.890. The molecule has 2 aliphatic rings. The first-order chi connectivity index (χ1) is 12.4. The predicted octanol–water partition coefficient (Wildman–Crippen LogP) is 3.43. The Hall–Kier alpha value is -2.05. The van der Waals surface area contributed by atoms with E-state index in [0.717, 1.165) is 43.9 Å². The van der Waals surface area contributed by atoms with Crippen LogP contribution in [0, 0.1) is 24.1 Å². The Kier molecular flexibility index (Phi) is 4.40. The van der Waals surface area contributed by atoms with Gasteiger partial charge in [0.1, 0.15) is 11.6 Å². The van der Waals surface area contributed by atoms with Crippen molar-refractivity contribution >= 4 is 23.2 Å². The lowest BCUT2D eigenvalue weighted by Crippen LogP contribution is -2.63. The van der Waals surface area contributed by atoms with Gasteiger partial charge < -0.3 is 5.32 Å². The van der Waals surface area contributed by atoms with E-state index in [1.54, 1.807) is 6.07 Å². The lowest BCUT2D eigenvalue weighted by Gasteiger charge is -2.58. The van der Waals surface area contributed by atoms with E-state index < -0.39 is 5.82 Å². The molecule has 2 aromatic rings. The van der Waals surface area contributed by atoms with Crippen LogP contribution in [0.2, 0.25) is 5.02 Å². The number of aromatic nitrogens is 2. The largest absolute Gasteiger partial charge is 0.326 e. The third-order valence-corrected chi connectivity index (χ3v) is 5.44. The first kappa shape index (κ1) is 17.4. The maximum absolute atomic E-state index is 13.4. The van der Waals surface area contributed by atoms with Crippen LogP contribution in [-0.2, 0) is 11.3 Å². The number of carbonyl (C=O) groups is 1. The number of hydrogen-bond donors (Lipinski definition) is 1. The minimum absolute atomic E-state index is 0.0121. The van der Waals surface area contributed by atoms with E-state index in [-0.39, 0.29) is 22.3 Å². The van der Waals surface area contributed by atoms with Crippen LogP contribution in [0.5, 0.6) is 0 Å². The molecule has 1 saturated carbocycles. The predicted molar refractivity (Wildman–Crippen MR) is 97.2 cm³/mol. The van der Waals surface area contributed by atoms with Crippen LogP contribution < -0.4 is 5.32 Å². The van der Waals surface area contributed by atoms with Crippen molar-refractivity contribution in [3.8, 4) is 0 Å². The number of rotatable bonds is 4. The summed E-state index contributed by atoms with van der Waals surface area (Å²) in [5.41, 5.74) is 1.78. The Morgan fingerprint density at radius 2 is 2.00 bits per heavy atom. The molecule has 1 aromatic heterocycles. The fourth-order valence-electron chi connectivity index (χ4n) is 4.07. The van der Waals surface area contributed by atoms with Crippen LogP contribution in [0.3, 0.4) is 0 Å². The van der Waals surface area contributed by atoms with Gasteiger partial charge >= 0.3 is 0 Å². The zero-order chi connectivity index (χ0) is 18.3. The zero-order valence-corrected chi connectivity index (χ0v) is 15.3. The number of nitrogens with one attached hydrogen (secondary N) is 1. The molecule has 136 valence electrons. The van der Waals surface area contributed by atoms with Gasteiger partial charge in [0.2, 0.25) is 5.91 Å². The van der Waals surface area contributed by atoms with E-state index in [2.05, 4.69) is 20.2 Å². The summed E-state index contributed by atoms with van der Waals surface area (Å²) in [6.07, 6.45) is 5.49.